The highest BCUT2D eigenvalue weighted by Crippen LogP contribution is 2.25. The number of hydrogen-bond acceptors (Lipinski definition) is 5. The summed E-state index contributed by atoms with van der Waals surface area (Å²) in [6, 6.07) is 3.31. The molecular formula is C13H22N2O4S2. The van der Waals surface area contributed by atoms with Crippen molar-refractivity contribution in [2.24, 2.45) is 5.41 Å². The molecule has 0 saturated carbocycles. The molecule has 1 rings (SSSR count). The summed E-state index contributed by atoms with van der Waals surface area (Å²) >= 11 is 0. The van der Waals surface area contributed by atoms with Crippen LogP contribution in [0.5, 0.6) is 0 Å². The minimum atomic E-state index is -3.90. The Kier molecular flexibility index (Phi) is 4.77. The van der Waals surface area contributed by atoms with E-state index in [0.29, 0.717) is 0 Å². The number of hydrogen-bond donors (Lipinski definition) is 2. The van der Waals surface area contributed by atoms with E-state index in [9.17, 15) is 16.8 Å². The highest BCUT2D eigenvalue weighted by molar-refractivity contribution is 7.91. The number of nitrogens with one attached hydrogen (secondary N) is 1. The molecule has 1 unspecified atom stereocenters. The molecular weight excluding hydrogens is 312 g/mol. The third-order valence-corrected chi connectivity index (χ3v) is 6.04. The number of sulfone groups is 1. The molecule has 120 valence electrons. The van der Waals surface area contributed by atoms with Gasteiger partial charge in [-0.15, -0.1) is 0 Å². The average Bonchev–Trinajstić information content (AvgIpc) is 2.25. The molecule has 0 amide bonds. The van der Waals surface area contributed by atoms with Crippen molar-refractivity contribution in [1.29, 1.82) is 0 Å². The molecule has 0 aliphatic heterocycles. The minimum absolute atomic E-state index is 0.0102. The highest BCUT2D eigenvalue weighted by Gasteiger charge is 2.27. The van der Waals surface area contributed by atoms with Crippen LogP contribution in [0.15, 0.2) is 28.0 Å². The van der Waals surface area contributed by atoms with Gasteiger partial charge in [0.05, 0.1) is 10.6 Å². The van der Waals surface area contributed by atoms with E-state index in [-0.39, 0.29) is 26.9 Å². The third-order valence-electron chi connectivity index (χ3n) is 3.33. The van der Waals surface area contributed by atoms with Gasteiger partial charge in [0.1, 0.15) is 4.90 Å². The smallest absolute Gasteiger partial charge is 0.242 e. The molecule has 1 atom stereocenters. The molecule has 1 aromatic rings. The van der Waals surface area contributed by atoms with Crippen LogP contribution in [-0.2, 0) is 19.9 Å². The Labute approximate surface area is 126 Å². The zero-order chi connectivity index (χ0) is 16.6. The number of nitrogen functional groups attached to an aromatic ring is 1. The topological polar surface area (TPSA) is 106 Å². The number of anilines is 1. The van der Waals surface area contributed by atoms with E-state index in [4.69, 9.17) is 5.73 Å². The Morgan fingerprint density at radius 3 is 2.10 bits per heavy atom. The van der Waals surface area contributed by atoms with Gasteiger partial charge < -0.3 is 5.73 Å². The molecule has 8 heteroatoms. The van der Waals surface area contributed by atoms with Crippen LogP contribution in [0.2, 0.25) is 0 Å². The number of benzene rings is 1. The van der Waals surface area contributed by atoms with Gasteiger partial charge in [-0.3, -0.25) is 0 Å². The predicted molar refractivity (Wildman–Crippen MR) is 83.2 cm³/mol. The number of sulfonamides is 1. The molecule has 0 bridgehead atoms. The van der Waals surface area contributed by atoms with Crippen molar-refractivity contribution < 1.29 is 16.8 Å². The van der Waals surface area contributed by atoms with Crippen LogP contribution in [0, 0.1) is 5.41 Å². The number of rotatable bonds is 4. The lowest BCUT2D eigenvalue weighted by Gasteiger charge is -2.28. The van der Waals surface area contributed by atoms with E-state index in [1.807, 2.05) is 20.8 Å². The van der Waals surface area contributed by atoms with E-state index < -0.39 is 19.9 Å². The monoisotopic (exact) mass is 334 g/mol. The predicted octanol–water partition coefficient (Wildman–Crippen LogP) is 1.39. The Morgan fingerprint density at radius 1 is 1.14 bits per heavy atom. The van der Waals surface area contributed by atoms with Crippen molar-refractivity contribution >= 4 is 25.5 Å². The van der Waals surface area contributed by atoms with Crippen molar-refractivity contribution in [3.05, 3.63) is 18.2 Å². The van der Waals surface area contributed by atoms with E-state index in [2.05, 4.69) is 4.72 Å². The molecule has 1 aromatic carbocycles. The van der Waals surface area contributed by atoms with E-state index >= 15 is 0 Å². The summed E-state index contributed by atoms with van der Waals surface area (Å²) in [6.07, 6.45) is 1.01. The van der Waals surface area contributed by atoms with Crippen LogP contribution in [0.3, 0.4) is 0 Å². The quantitative estimate of drug-likeness (QED) is 0.809. The molecule has 0 aromatic heterocycles. The van der Waals surface area contributed by atoms with Crippen LogP contribution in [0.25, 0.3) is 0 Å². The van der Waals surface area contributed by atoms with Crippen molar-refractivity contribution in [2.75, 3.05) is 12.0 Å². The standard InChI is InChI=1S/C13H22N2O4S2/c1-9(13(2,3)4)15-21(18,19)12-8-10(20(5,16)17)6-7-11(12)14/h6-9,15H,14H2,1-5H3. The van der Waals surface area contributed by atoms with Gasteiger partial charge in [-0.2, -0.15) is 0 Å². The zero-order valence-corrected chi connectivity index (χ0v) is 14.5. The largest absolute Gasteiger partial charge is 0.398 e. The summed E-state index contributed by atoms with van der Waals surface area (Å²) in [4.78, 5) is -0.304. The average molecular weight is 334 g/mol. The first-order valence-corrected chi connectivity index (χ1v) is 9.74. The van der Waals surface area contributed by atoms with Gasteiger partial charge in [-0.1, -0.05) is 20.8 Å². The van der Waals surface area contributed by atoms with Crippen LogP contribution in [0.4, 0.5) is 5.69 Å². The molecule has 0 radical (unpaired) electrons. The van der Waals surface area contributed by atoms with Gasteiger partial charge in [0, 0.05) is 12.3 Å². The third kappa shape index (κ3) is 4.42. The second kappa shape index (κ2) is 5.58. The Bertz CT molecular complexity index is 732. The maximum atomic E-state index is 12.4. The SMILES string of the molecule is CC(NS(=O)(=O)c1cc(S(C)(=O)=O)ccc1N)C(C)(C)C. The van der Waals surface area contributed by atoms with Crippen LogP contribution in [0.1, 0.15) is 27.7 Å². The molecule has 0 heterocycles. The maximum absolute atomic E-state index is 12.4. The highest BCUT2D eigenvalue weighted by atomic mass is 32.2. The second-order valence-corrected chi connectivity index (χ2v) is 9.88. The molecule has 0 fully saturated rings. The van der Waals surface area contributed by atoms with Crippen molar-refractivity contribution in [3.63, 3.8) is 0 Å². The van der Waals surface area contributed by atoms with Crippen molar-refractivity contribution in [1.82, 2.24) is 4.72 Å². The van der Waals surface area contributed by atoms with Crippen molar-refractivity contribution in [2.45, 2.75) is 43.5 Å². The molecule has 0 saturated heterocycles. The summed E-state index contributed by atoms with van der Waals surface area (Å²) in [5, 5.41) is 0. The normalized spacial score (nSPS) is 14.9. The summed E-state index contributed by atoms with van der Waals surface area (Å²) < 4.78 is 50.4. The molecule has 3 N–H and O–H groups in total. The summed E-state index contributed by atoms with van der Waals surface area (Å²) in [6.45, 7) is 7.44. The van der Waals surface area contributed by atoms with E-state index in [1.165, 1.54) is 12.1 Å². The van der Waals surface area contributed by atoms with Crippen molar-refractivity contribution in [3.8, 4) is 0 Å². The van der Waals surface area contributed by atoms with Crippen LogP contribution in [-0.4, -0.2) is 29.1 Å². The fraction of sp³-hybridized carbons (Fsp3) is 0.538. The molecule has 21 heavy (non-hydrogen) atoms. The molecule has 0 aliphatic carbocycles. The lowest BCUT2D eigenvalue weighted by molar-refractivity contribution is 0.317. The zero-order valence-electron chi connectivity index (χ0n) is 12.8. The van der Waals surface area contributed by atoms with Gasteiger partial charge in [0.25, 0.3) is 0 Å². The molecule has 0 aliphatic rings. The summed E-state index contributed by atoms with van der Waals surface area (Å²) in [7, 11) is -7.40. The molecule has 0 spiro atoms. The van der Waals surface area contributed by atoms with Gasteiger partial charge in [0.2, 0.25) is 10.0 Å². The Balaban J connectivity index is 3.33. The molecule has 6 nitrogen and oxygen atoms in total. The maximum Gasteiger partial charge on any atom is 0.242 e. The first-order chi connectivity index (χ1) is 9.25. The first-order valence-electron chi connectivity index (χ1n) is 6.37. The Morgan fingerprint density at radius 2 is 1.67 bits per heavy atom. The first kappa shape index (κ1) is 17.9. The lowest BCUT2D eigenvalue weighted by Crippen LogP contribution is -2.41. The Hall–Kier alpha value is -1.12. The minimum Gasteiger partial charge on any atom is -0.398 e. The lowest BCUT2D eigenvalue weighted by atomic mass is 9.89. The van der Waals surface area contributed by atoms with Gasteiger partial charge in [-0.25, -0.2) is 21.6 Å². The van der Waals surface area contributed by atoms with Crippen LogP contribution >= 0.6 is 0 Å². The van der Waals surface area contributed by atoms with Gasteiger partial charge >= 0.3 is 0 Å². The fourth-order valence-electron chi connectivity index (χ4n) is 1.45. The van der Waals surface area contributed by atoms with E-state index in [0.717, 1.165) is 12.3 Å². The summed E-state index contributed by atoms with van der Waals surface area (Å²) in [5.74, 6) is 0. The number of nitrogens with two attached hydrogens (primary N) is 1. The van der Waals surface area contributed by atoms with E-state index in [1.54, 1.807) is 6.92 Å². The van der Waals surface area contributed by atoms with Crippen LogP contribution < -0.4 is 10.5 Å². The summed E-state index contributed by atoms with van der Waals surface area (Å²) in [5.41, 5.74) is 5.42. The van der Waals surface area contributed by atoms with Gasteiger partial charge in [0.15, 0.2) is 9.84 Å². The second-order valence-electron chi connectivity index (χ2n) is 6.18. The van der Waals surface area contributed by atoms with Gasteiger partial charge in [-0.05, 0) is 30.5 Å². The fourth-order valence-corrected chi connectivity index (χ4v) is 3.78.